The molecule has 1 saturated heterocycles. The lowest BCUT2D eigenvalue weighted by Crippen LogP contribution is -2.49. The molecular weight excluding hydrogens is 418 g/mol. The number of hydrogen-bond acceptors (Lipinski definition) is 6. The maximum absolute atomic E-state index is 12.7. The maximum Gasteiger partial charge on any atom is 0.264 e. The summed E-state index contributed by atoms with van der Waals surface area (Å²) in [5, 5.41) is 11.2. The Hall–Kier alpha value is -3.24. The second-order valence-electron chi connectivity index (χ2n) is 8.00. The van der Waals surface area contributed by atoms with E-state index >= 15 is 0 Å². The minimum Gasteiger partial charge on any atom is -0.353 e. The average Bonchev–Trinajstić information content (AvgIpc) is 3.35. The Morgan fingerprint density at radius 1 is 1.16 bits per heavy atom. The van der Waals surface area contributed by atoms with Gasteiger partial charge in [0.2, 0.25) is 0 Å². The first-order valence-electron chi connectivity index (χ1n) is 11.0. The van der Waals surface area contributed by atoms with E-state index in [1.54, 1.807) is 0 Å². The molecule has 0 unspecified atom stereocenters. The number of benzene rings is 1. The van der Waals surface area contributed by atoms with E-state index in [4.69, 9.17) is 9.97 Å². The summed E-state index contributed by atoms with van der Waals surface area (Å²) in [6.07, 6.45) is 1.73. The van der Waals surface area contributed by atoms with Crippen LogP contribution in [0.25, 0.3) is 0 Å². The SMILES string of the molecule is CCc1nc(CC#N)nc(N2CCN(C(=O)c3cccs3)CC2)c1Cc1cccc(C)c1. The Bertz CT molecular complexity index is 1130. The molecule has 0 aliphatic carbocycles. The van der Waals surface area contributed by atoms with Gasteiger partial charge in [-0.1, -0.05) is 42.8 Å². The second-order valence-corrected chi connectivity index (χ2v) is 8.95. The number of piperazine rings is 1. The third-order valence-electron chi connectivity index (χ3n) is 5.75. The lowest BCUT2D eigenvalue weighted by atomic mass is 10.00. The Labute approximate surface area is 193 Å². The number of amides is 1. The first-order valence-corrected chi connectivity index (χ1v) is 11.9. The number of nitriles is 1. The highest BCUT2D eigenvalue weighted by Gasteiger charge is 2.26. The molecule has 3 heterocycles. The molecule has 1 aliphatic heterocycles. The van der Waals surface area contributed by atoms with E-state index in [-0.39, 0.29) is 12.3 Å². The van der Waals surface area contributed by atoms with Crippen LogP contribution >= 0.6 is 11.3 Å². The molecule has 1 fully saturated rings. The van der Waals surface area contributed by atoms with Crippen molar-refractivity contribution < 1.29 is 4.79 Å². The van der Waals surface area contributed by atoms with Crippen molar-refractivity contribution in [3.05, 3.63) is 74.9 Å². The summed E-state index contributed by atoms with van der Waals surface area (Å²) in [5.74, 6) is 1.58. The first-order chi connectivity index (χ1) is 15.6. The molecule has 0 saturated carbocycles. The van der Waals surface area contributed by atoms with Crippen LogP contribution in [0.15, 0.2) is 41.8 Å². The van der Waals surface area contributed by atoms with E-state index in [9.17, 15) is 10.1 Å². The van der Waals surface area contributed by atoms with Gasteiger partial charge < -0.3 is 9.80 Å². The smallest absolute Gasteiger partial charge is 0.264 e. The molecule has 4 rings (SSSR count). The summed E-state index contributed by atoms with van der Waals surface area (Å²) in [4.78, 5) is 27.2. The molecule has 1 amide bonds. The van der Waals surface area contributed by atoms with Gasteiger partial charge in [-0.2, -0.15) is 5.26 Å². The highest BCUT2D eigenvalue weighted by molar-refractivity contribution is 7.12. The summed E-state index contributed by atoms with van der Waals surface area (Å²) in [6, 6.07) is 14.5. The van der Waals surface area contributed by atoms with Crippen molar-refractivity contribution in [2.24, 2.45) is 0 Å². The average molecular weight is 446 g/mol. The number of carbonyl (C=O) groups excluding carboxylic acids is 1. The van der Waals surface area contributed by atoms with Crippen molar-refractivity contribution in [2.45, 2.75) is 33.1 Å². The zero-order valence-corrected chi connectivity index (χ0v) is 19.4. The summed E-state index contributed by atoms with van der Waals surface area (Å²) >= 11 is 1.48. The fourth-order valence-corrected chi connectivity index (χ4v) is 4.85. The molecule has 32 heavy (non-hydrogen) atoms. The van der Waals surface area contributed by atoms with Crippen LogP contribution in [-0.4, -0.2) is 47.0 Å². The quantitative estimate of drug-likeness (QED) is 0.573. The van der Waals surface area contributed by atoms with Gasteiger partial charge in [0.25, 0.3) is 5.91 Å². The predicted octanol–water partition coefficient (Wildman–Crippen LogP) is 4.03. The monoisotopic (exact) mass is 445 g/mol. The van der Waals surface area contributed by atoms with Crippen molar-refractivity contribution >= 4 is 23.1 Å². The number of thiophene rings is 1. The maximum atomic E-state index is 12.7. The molecule has 0 N–H and O–H groups in total. The molecular formula is C25H27N5OS. The number of carbonyl (C=O) groups is 1. The Kier molecular flexibility index (Phi) is 6.81. The van der Waals surface area contributed by atoms with Gasteiger partial charge >= 0.3 is 0 Å². The number of anilines is 1. The van der Waals surface area contributed by atoms with Gasteiger partial charge in [0.05, 0.1) is 17.4 Å². The minimum atomic E-state index is 0.0988. The standard InChI is InChI=1S/C25H27N5OS/c1-3-21-20(17-19-7-4-6-18(2)16-19)24(28-23(27-21)9-10-26)29-11-13-30(14-12-29)25(31)22-8-5-15-32-22/h4-8,15-16H,3,9,11-14,17H2,1-2H3. The first kappa shape index (κ1) is 22.0. The van der Waals surface area contributed by atoms with Crippen LogP contribution < -0.4 is 4.90 Å². The van der Waals surface area contributed by atoms with E-state index in [2.05, 4.69) is 49.1 Å². The Morgan fingerprint density at radius 3 is 2.62 bits per heavy atom. The van der Waals surface area contributed by atoms with Crippen molar-refractivity contribution in [1.29, 1.82) is 5.26 Å². The molecule has 0 radical (unpaired) electrons. The van der Waals surface area contributed by atoms with Crippen molar-refractivity contribution in [2.75, 3.05) is 31.1 Å². The molecule has 1 aromatic carbocycles. The Morgan fingerprint density at radius 2 is 1.97 bits per heavy atom. The molecule has 0 bridgehead atoms. The van der Waals surface area contributed by atoms with Gasteiger partial charge in [0.1, 0.15) is 11.6 Å². The third-order valence-corrected chi connectivity index (χ3v) is 6.61. The van der Waals surface area contributed by atoms with Crippen molar-refractivity contribution in [3.8, 4) is 6.07 Å². The molecule has 2 aromatic heterocycles. The van der Waals surface area contributed by atoms with E-state index in [1.165, 1.54) is 22.5 Å². The fourth-order valence-electron chi connectivity index (χ4n) is 4.16. The normalized spacial score (nSPS) is 13.8. The molecule has 6 nitrogen and oxygen atoms in total. The largest absolute Gasteiger partial charge is 0.353 e. The van der Waals surface area contributed by atoms with Gasteiger partial charge in [0, 0.05) is 43.9 Å². The molecule has 164 valence electrons. The van der Waals surface area contributed by atoms with E-state index in [1.807, 2.05) is 22.4 Å². The minimum absolute atomic E-state index is 0.0988. The van der Waals surface area contributed by atoms with Gasteiger partial charge in [-0.25, -0.2) is 9.97 Å². The molecule has 0 spiro atoms. The highest BCUT2D eigenvalue weighted by atomic mass is 32.1. The van der Waals surface area contributed by atoms with E-state index < -0.39 is 0 Å². The van der Waals surface area contributed by atoms with Gasteiger partial charge in [-0.15, -0.1) is 11.3 Å². The zero-order chi connectivity index (χ0) is 22.5. The van der Waals surface area contributed by atoms with Crippen LogP contribution in [0.1, 0.15) is 44.8 Å². The zero-order valence-electron chi connectivity index (χ0n) is 18.5. The van der Waals surface area contributed by atoms with Gasteiger partial charge in [-0.05, 0) is 30.4 Å². The van der Waals surface area contributed by atoms with Crippen LogP contribution in [0.2, 0.25) is 0 Å². The summed E-state index contributed by atoms with van der Waals surface area (Å²) in [7, 11) is 0. The lowest BCUT2D eigenvalue weighted by Gasteiger charge is -2.36. The lowest BCUT2D eigenvalue weighted by molar-refractivity contribution is 0.0751. The second kappa shape index (κ2) is 9.92. The van der Waals surface area contributed by atoms with Crippen LogP contribution in [0, 0.1) is 18.3 Å². The number of aryl methyl sites for hydroxylation is 2. The number of aromatic nitrogens is 2. The molecule has 7 heteroatoms. The summed E-state index contributed by atoms with van der Waals surface area (Å²) in [5.41, 5.74) is 4.57. The topological polar surface area (TPSA) is 73.1 Å². The number of hydrogen-bond donors (Lipinski definition) is 0. The van der Waals surface area contributed by atoms with Gasteiger partial charge in [-0.3, -0.25) is 4.79 Å². The Balaban J connectivity index is 1.62. The van der Waals surface area contributed by atoms with Crippen LogP contribution in [0.5, 0.6) is 0 Å². The van der Waals surface area contributed by atoms with Crippen molar-refractivity contribution in [1.82, 2.24) is 14.9 Å². The number of nitrogens with zero attached hydrogens (tertiary/aromatic N) is 5. The summed E-state index contributed by atoms with van der Waals surface area (Å²) in [6.45, 7) is 6.93. The molecule has 3 aromatic rings. The van der Waals surface area contributed by atoms with Crippen LogP contribution in [-0.2, 0) is 19.3 Å². The van der Waals surface area contributed by atoms with Crippen LogP contribution in [0.3, 0.4) is 0 Å². The predicted molar refractivity (Wildman–Crippen MR) is 127 cm³/mol. The third kappa shape index (κ3) is 4.81. The van der Waals surface area contributed by atoms with E-state index in [0.717, 1.165) is 34.8 Å². The molecule has 0 atom stereocenters. The van der Waals surface area contributed by atoms with Crippen molar-refractivity contribution in [3.63, 3.8) is 0 Å². The summed E-state index contributed by atoms with van der Waals surface area (Å²) < 4.78 is 0. The number of rotatable bonds is 6. The van der Waals surface area contributed by atoms with Crippen LogP contribution in [0.4, 0.5) is 5.82 Å². The highest BCUT2D eigenvalue weighted by Crippen LogP contribution is 2.27. The molecule has 1 aliphatic rings. The van der Waals surface area contributed by atoms with Gasteiger partial charge in [0.15, 0.2) is 0 Å². The van der Waals surface area contributed by atoms with E-state index in [0.29, 0.717) is 32.0 Å². The fraction of sp³-hybridized carbons (Fsp3) is 0.360.